The van der Waals surface area contributed by atoms with E-state index in [-0.39, 0.29) is 29.1 Å². The van der Waals surface area contributed by atoms with Gasteiger partial charge in [0, 0.05) is 17.6 Å². The number of nitrogens with zero attached hydrogens (tertiary/aromatic N) is 2. The quantitative estimate of drug-likeness (QED) is 0.271. The molecule has 0 aromatic heterocycles. The predicted octanol–water partition coefficient (Wildman–Crippen LogP) is 6.63. The van der Waals surface area contributed by atoms with E-state index in [2.05, 4.69) is 5.32 Å². The minimum absolute atomic E-state index is 0.0166. The van der Waals surface area contributed by atoms with Crippen molar-refractivity contribution in [3.8, 4) is 0 Å². The molecule has 1 aliphatic carbocycles. The van der Waals surface area contributed by atoms with Crippen molar-refractivity contribution >= 4 is 62.3 Å². The zero-order chi connectivity index (χ0) is 29.7. The molecule has 1 fully saturated rings. The number of rotatable bonds is 10. The number of carbonyl (C=O) groups excluding carboxylic acids is 2. The van der Waals surface area contributed by atoms with E-state index in [9.17, 15) is 18.0 Å². The number of hydrogen-bond donors (Lipinski definition) is 1. The van der Waals surface area contributed by atoms with Gasteiger partial charge in [0.15, 0.2) is 0 Å². The first-order chi connectivity index (χ1) is 19.5. The molecule has 0 heterocycles. The molecule has 1 unspecified atom stereocenters. The summed E-state index contributed by atoms with van der Waals surface area (Å²) >= 11 is 18.7. The van der Waals surface area contributed by atoms with Crippen molar-refractivity contribution in [2.75, 3.05) is 10.8 Å². The van der Waals surface area contributed by atoms with Gasteiger partial charge in [0.1, 0.15) is 12.6 Å². The Morgan fingerprint density at radius 3 is 2.27 bits per heavy atom. The molecule has 0 spiro atoms. The molecule has 3 aromatic carbocycles. The lowest BCUT2D eigenvalue weighted by atomic mass is 10.1. The number of halogens is 3. The van der Waals surface area contributed by atoms with Crippen molar-refractivity contribution in [3.05, 3.63) is 92.9 Å². The van der Waals surface area contributed by atoms with E-state index < -0.39 is 28.5 Å². The Labute approximate surface area is 256 Å². The molecule has 218 valence electrons. The molecular formula is C30H32Cl3N3O4S. The third-order valence-electron chi connectivity index (χ3n) is 7.32. The zero-order valence-electron chi connectivity index (χ0n) is 22.8. The Hall–Kier alpha value is -2.78. The largest absolute Gasteiger partial charge is 0.352 e. The van der Waals surface area contributed by atoms with Gasteiger partial charge in [-0.2, -0.15) is 0 Å². The summed E-state index contributed by atoms with van der Waals surface area (Å²) in [5.41, 5.74) is 1.42. The van der Waals surface area contributed by atoms with Gasteiger partial charge in [-0.3, -0.25) is 13.9 Å². The Kier molecular flexibility index (Phi) is 10.2. The lowest BCUT2D eigenvalue weighted by molar-refractivity contribution is -0.139. The second-order valence-corrected chi connectivity index (χ2v) is 13.2. The van der Waals surface area contributed by atoms with Crippen LogP contribution in [0, 0.1) is 6.92 Å². The van der Waals surface area contributed by atoms with Gasteiger partial charge in [-0.25, -0.2) is 8.42 Å². The van der Waals surface area contributed by atoms with Crippen LogP contribution in [0.3, 0.4) is 0 Å². The second-order valence-electron chi connectivity index (χ2n) is 10.1. The standard InChI is InChI=1S/C30H32Cl3N3O4S/c1-20-25(31)13-8-14-28(20)36(41(39,40)24-11-4-3-5-12-24)19-29(37)35(18-22-15-16-26(32)27(33)17-22)21(2)30(38)34-23-9-6-7-10-23/h3-5,8,11-17,21,23H,6-7,9-10,18-19H2,1-2H3,(H,34,38). The normalized spacial score (nSPS) is 14.5. The van der Waals surface area contributed by atoms with Crippen LogP contribution in [0.1, 0.15) is 43.7 Å². The average Bonchev–Trinajstić information content (AvgIpc) is 3.47. The van der Waals surface area contributed by atoms with E-state index in [4.69, 9.17) is 34.8 Å². The number of nitrogens with one attached hydrogen (secondary N) is 1. The number of hydrogen-bond acceptors (Lipinski definition) is 4. The Morgan fingerprint density at radius 1 is 0.927 bits per heavy atom. The van der Waals surface area contributed by atoms with Crippen LogP contribution in [-0.4, -0.2) is 43.8 Å². The number of anilines is 1. The van der Waals surface area contributed by atoms with Crippen LogP contribution in [0.2, 0.25) is 15.1 Å². The SMILES string of the molecule is Cc1c(Cl)cccc1N(CC(=O)N(Cc1ccc(Cl)c(Cl)c1)C(C)C(=O)NC1CCCC1)S(=O)(=O)c1ccccc1. The molecule has 2 amide bonds. The molecule has 41 heavy (non-hydrogen) atoms. The molecule has 1 aliphatic rings. The number of amides is 2. The maximum Gasteiger partial charge on any atom is 0.264 e. The number of benzene rings is 3. The van der Waals surface area contributed by atoms with Crippen molar-refractivity contribution in [2.45, 2.75) is 63.1 Å². The second kappa shape index (κ2) is 13.5. The van der Waals surface area contributed by atoms with Gasteiger partial charge in [-0.1, -0.05) is 78.0 Å². The summed E-state index contributed by atoms with van der Waals surface area (Å²) in [6, 6.07) is 16.9. The molecule has 4 rings (SSSR count). The van der Waals surface area contributed by atoms with Crippen molar-refractivity contribution in [3.63, 3.8) is 0 Å². The molecule has 7 nitrogen and oxygen atoms in total. The smallest absolute Gasteiger partial charge is 0.264 e. The fourth-order valence-corrected chi connectivity index (χ4v) is 6.89. The molecule has 1 N–H and O–H groups in total. The zero-order valence-corrected chi connectivity index (χ0v) is 25.9. The van der Waals surface area contributed by atoms with Crippen molar-refractivity contribution in [1.29, 1.82) is 0 Å². The van der Waals surface area contributed by atoms with Gasteiger partial charge in [-0.15, -0.1) is 0 Å². The summed E-state index contributed by atoms with van der Waals surface area (Å²) < 4.78 is 28.9. The Morgan fingerprint density at radius 2 is 1.61 bits per heavy atom. The molecule has 0 aliphatic heterocycles. The first kappa shape index (κ1) is 31.2. The highest BCUT2D eigenvalue weighted by molar-refractivity contribution is 7.92. The number of carbonyl (C=O) groups is 2. The molecule has 3 aromatic rings. The average molecular weight is 637 g/mol. The maximum absolute atomic E-state index is 14.1. The van der Waals surface area contributed by atoms with Gasteiger partial charge < -0.3 is 10.2 Å². The van der Waals surface area contributed by atoms with E-state index in [1.165, 1.54) is 17.0 Å². The predicted molar refractivity (Wildman–Crippen MR) is 164 cm³/mol. The third kappa shape index (κ3) is 7.36. The summed E-state index contributed by atoms with van der Waals surface area (Å²) in [5, 5.41) is 4.08. The Balaban J connectivity index is 1.72. The van der Waals surface area contributed by atoms with E-state index in [1.54, 1.807) is 68.4 Å². The van der Waals surface area contributed by atoms with Crippen molar-refractivity contribution in [1.82, 2.24) is 10.2 Å². The molecule has 1 atom stereocenters. The van der Waals surface area contributed by atoms with Crippen LogP contribution < -0.4 is 9.62 Å². The van der Waals surface area contributed by atoms with Crippen LogP contribution in [0.25, 0.3) is 0 Å². The van der Waals surface area contributed by atoms with Gasteiger partial charge >= 0.3 is 0 Å². The fourth-order valence-electron chi connectivity index (χ4n) is 4.91. The summed E-state index contributed by atoms with van der Waals surface area (Å²) in [6.07, 6.45) is 3.85. The highest BCUT2D eigenvalue weighted by Crippen LogP contribution is 2.31. The molecule has 0 bridgehead atoms. The molecule has 1 saturated carbocycles. The van der Waals surface area contributed by atoms with Crippen LogP contribution >= 0.6 is 34.8 Å². The van der Waals surface area contributed by atoms with E-state index in [0.717, 1.165) is 30.0 Å². The summed E-state index contributed by atoms with van der Waals surface area (Å²) in [4.78, 5) is 28.8. The molecule has 11 heteroatoms. The van der Waals surface area contributed by atoms with Crippen molar-refractivity contribution in [2.24, 2.45) is 0 Å². The van der Waals surface area contributed by atoms with Gasteiger partial charge in [-0.05, 0) is 74.2 Å². The van der Waals surface area contributed by atoms with E-state index in [0.29, 0.717) is 26.2 Å². The highest BCUT2D eigenvalue weighted by Gasteiger charge is 2.34. The minimum Gasteiger partial charge on any atom is -0.352 e. The van der Waals surface area contributed by atoms with Crippen molar-refractivity contribution < 1.29 is 18.0 Å². The monoisotopic (exact) mass is 635 g/mol. The minimum atomic E-state index is -4.18. The molecule has 0 saturated heterocycles. The van der Waals surface area contributed by atoms with E-state index in [1.807, 2.05) is 0 Å². The maximum atomic E-state index is 14.1. The summed E-state index contributed by atoms with van der Waals surface area (Å²) in [5.74, 6) is -0.870. The lowest BCUT2D eigenvalue weighted by Gasteiger charge is -2.33. The Bertz CT molecular complexity index is 1510. The van der Waals surface area contributed by atoms with Crippen LogP contribution in [0.4, 0.5) is 5.69 Å². The van der Waals surface area contributed by atoms with Gasteiger partial charge in [0.2, 0.25) is 11.8 Å². The summed E-state index contributed by atoms with van der Waals surface area (Å²) in [7, 11) is -4.18. The van der Waals surface area contributed by atoms with E-state index >= 15 is 0 Å². The topological polar surface area (TPSA) is 86.8 Å². The number of sulfonamides is 1. The van der Waals surface area contributed by atoms with Gasteiger partial charge in [0.05, 0.1) is 20.6 Å². The third-order valence-corrected chi connectivity index (χ3v) is 10.2. The van der Waals surface area contributed by atoms with Gasteiger partial charge in [0.25, 0.3) is 10.0 Å². The van der Waals surface area contributed by atoms with Crippen LogP contribution in [-0.2, 0) is 26.2 Å². The lowest BCUT2D eigenvalue weighted by Crippen LogP contribution is -2.52. The highest BCUT2D eigenvalue weighted by atomic mass is 35.5. The first-order valence-electron chi connectivity index (χ1n) is 13.4. The summed E-state index contributed by atoms with van der Waals surface area (Å²) in [6.45, 7) is 2.80. The van der Waals surface area contributed by atoms with Crippen LogP contribution in [0.5, 0.6) is 0 Å². The molecular weight excluding hydrogens is 605 g/mol. The fraction of sp³-hybridized carbons (Fsp3) is 0.333. The van der Waals surface area contributed by atoms with Crippen LogP contribution in [0.15, 0.2) is 71.6 Å². The molecule has 0 radical (unpaired) electrons. The first-order valence-corrected chi connectivity index (χ1v) is 15.9.